The maximum atomic E-state index is 12.1. The molecule has 0 atom stereocenters. The van der Waals surface area contributed by atoms with E-state index in [0.29, 0.717) is 0 Å². The standard InChI is InChI=1S/C15H16NO2Si/c1-19(2,3)13-9-6-7-11-12-8-4-5-10-16(12)15(17)18-14(11)13/h4-10H,1-3H3/q+1. The Labute approximate surface area is 112 Å². The predicted octanol–water partition coefficient (Wildman–Crippen LogP) is 2.08. The van der Waals surface area contributed by atoms with Crippen molar-refractivity contribution < 1.29 is 8.82 Å². The first-order valence-electron chi connectivity index (χ1n) is 6.35. The summed E-state index contributed by atoms with van der Waals surface area (Å²) in [5.41, 5.74) is 1.65. The lowest BCUT2D eigenvalue weighted by molar-refractivity contribution is -0.543. The third-order valence-electron chi connectivity index (χ3n) is 3.34. The highest BCUT2D eigenvalue weighted by atomic mass is 28.3. The van der Waals surface area contributed by atoms with E-state index in [2.05, 4.69) is 25.7 Å². The Bertz CT molecular complexity index is 831. The summed E-state index contributed by atoms with van der Waals surface area (Å²) < 4.78 is 7.13. The van der Waals surface area contributed by atoms with E-state index in [4.69, 9.17) is 4.42 Å². The van der Waals surface area contributed by atoms with Gasteiger partial charge in [-0.1, -0.05) is 36.2 Å². The first-order valence-corrected chi connectivity index (χ1v) is 9.85. The predicted molar refractivity (Wildman–Crippen MR) is 78.6 cm³/mol. The number of nitrogens with zero attached hydrogens (tertiary/aromatic N) is 1. The summed E-state index contributed by atoms with van der Waals surface area (Å²) in [4.78, 5) is 12.1. The number of benzene rings is 1. The molecule has 0 unspecified atom stereocenters. The van der Waals surface area contributed by atoms with Crippen LogP contribution >= 0.6 is 0 Å². The Hall–Kier alpha value is -1.94. The van der Waals surface area contributed by atoms with Crippen molar-refractivity contribution in [3.8, 4) is 0 Å². The molecule has 0 N–H and O–H groups in total. The summed E-state index contributed by atoms with van der Waals surface area (Å²) in [6.07, 6.45) is 1.74. The molecule has 0 radical (unpaired) electrons. The van der Waals surface area contributed by atoms with Crippen LogP contribution in [0.15, 0.2) is 51.8 Å². The van der Waals surface area contributed by atoms with Crippen LogP contribution in [-0.2, 0) is 0 Å². The Kier molecular flexibility index (Phi) is 2.57. The normalized spacial score (nSPS) is 12.2. The molecule has 0 amide bonds. The molecule has 2 aromatic heterocycles. The van der Waals surface area contributed by atoms with Gasteiger partial charge in [-0.15, -0.1) is 0 Å². The molecule has 0 aliphatic heterocycles. The van der Waals surface area contributed by atoms with Gasteiger partial charge >= 0.3 is 5.76 Å². The first kappa shape index (κ1) is 12.1. The monoisotopic (exact) mass is 270 g/mol. The summed E-state index contributed by atoms with van der Waals surface area (Å²) in [7, 11) is -1.55. The van der Waals surface area contributed by atoms with Gasteiger partial charge in [0.1, 0.15) is 0 Å². The average molecular weight is 270 g/mol. The average Bonchev–Trinajstić information content (AvgIpc) is 2.37. The van der Waals surface area contributed by atoms with Gasteiger partial charge in [0, 0.05) is 12.1 Å². The van der Waals surface area contributed by atoms with Crippen molar-refractivity contribution in [2.75, 3.05) is 0 Å². The lowest BCUT2D eigenvalue weighted by Gasteiger charge is -2.17. The van der Waals surface area contributed by atoms with Crippen molar-refractivity contribution in [1.29, 1.82) is 0 Å². The van der Waals surface area contributed by atoms with E-state index in [9.17, 15) is 4.79 Å². The molecule has 0 saturated heterocycles. The van der Waals surface area contributed by atoms with Crippen LogP contribution < -0.4 is 15.3 Å². The summed E-state index contributed by atoms with van der Waals surface area (Å²) >= 11 is 0. The van der Waals surface area contributed by atoms with Crippen LogP contribution in [0.1, 0.15) is 0 Å². The van der Waals surface area contributed by atoms with Gasteiger partial charge in [-0.05, 0) is 17.3 Å². The minimum atomic E-state index is -1.55. The van der Waals surface area contributed by atoms with E-state index in [-0.39, 0.29) is 5.76 Å². The van der Waals surface area contributed by atoms with E-state index >= 15 is 0 Å². The van der Waals surface area contributed by atoms with Crippen molar-refractivity contribution in [3.05, 3.63) is 53.1 Å². The van der Waals surface area contributed by atoms with Gasteiger partial charge in [0.25, 0.3) is 0 Å². The van der Waals surface area contributed by atoms with Gasteiger partial charge in [0.15, 0.2) is 11.8 Å². The second-order valence-electron chi connectivity index (χ2n) is 5.76. The topological polar surface area (TPSA) is 34.3 Å². The van der Waals surface area contributed by atoms with Gasteiger partial charge in [-0.3, -0.25) is 0 Å². The highest BCUT2D eigenvalue weighted by Crippen LogP contribution is 2.16. The van der Waals surface area contributed by atoms with E-state index < -0.39 is 8.07 Å². The summed E-state index contributed by atoms with van der Waals surface area (Å²) in [5.74, 6) is -0.325. The third-order valence-corrected chi connectivity index (χ3v) is 5.35. The maximum Gasteiger partial charge on any atom is 0.608 e. The van der Waals surface area contributed by atoms with Crippen LogP contribution in [-0.4, -0.2) is 8.07 Å². The minimum absolute atomic E-state index is 0.325. The number of pyridine rings is 1. The van der Waals surface area contributed by atoms with E-state index in [0.717, 1.165) is 16.5 Å². The number of fused-ring (bicyclic) bond motifs is 3. The van der Waals surface area contributed by atoms with Gasteiger partial charge in [0.2, 0.25) is 5.52 Å². The second-order valence-corrected chi connectivity index (χ2v) is 10.8. The third kappa shape index (κ3) is 1.88. The summed E-state index contributed by atoms with van der Waals surface area (Å²) in [6.45, 7) is 6.76. The van der Waals surface area contributed by atoms with Crippen LogP contribution in [0.5, 0.6) is 0 Å². The highest BCUT2D eigenvalue weighted by molar-refractivity contribution is 6.90. The zero-order valence-corrected chi connectivity index (χ0v) is 12.3. The van der Waals surface area contributed by atoms with Crippen molar-refractivity contribution in [2.45, 2.75) is 19.6 Å². The zero-order chi connectivity index (χ0) is 13.6. The molecular formula is C15H16NO2Si+. The molecule has 4 heteroatoms. The molecule has 3 rings (SSSR count). The largest absolute Gasteiger partial charge is 0.608 e. The molecule has 0 fully saturated rings. The van der Waals surface area contributed by atoms with Crippen LogP contribution in [0.2, 0.25) is 19.6 Å². The van der Waals surface area contributed by atoms with Crippen LogP contribution in [0, 0.1) is 0 Å². The summed E-state index contributed by atoms with van der Waals surface area (Å²) in [5, 5.41) is 2.19. The lowest BCUT2D eigenvalue weighted by atomic mass is 10.2. The minimum Gasteiger partial charge on any atom is -0.371 e. The molecular weight excluding hydrogens is 254 g/mol. The summed E-state index contributed by atoms with van der Waals surface area (Å²) in [6, 6.07) is 11.9. The van der Waals surface area contributed by atoms with E-state index in [1.807, 2.05) is 30.3 Å². The number of rotatable bonds is 1. The number of aromatic nitrogens is 1. The van der Waals surface area contributed by atoms with Crippen LogP contribution in [0.25, 0.3) is 16.5 Å². The van der Waals surface area contributed by atoms with Crippen molar-refractivity contribution >= 4 is 29.7 Å². The Balaban J connectivity index is 2.57. The Morgan fingerprint density at radius 3 is 2.58 bits per heavy atom. The molecule has 3 nitrogen and oxygen atoms in total. The van der Waals surface area contributed by atoms with E-state index in [1.165, 1.54) is 5.19 Å². The molecule has 2 heterocycles. The molecule has 0 saturated carbocycles. The molecule has 0 bridgehead atoms. The number of para-hydroxylation sites is 1. The molecule has 1 aromatic carbocycles. The van der Waals surface area contributed by atoms with Crippen molar-refractivity contribution in [2.24, 2.45) is 0 Å². The number of hydrogen-bond acceptors (Lipinski definition) is 2. The fourth-order valence-corrected chi connectivity index (χ4v) is 3.86. The SMILES string of the molecule is C[Si](C)(C)c1cccc2c1oc(=O)[n+]1ccccc21. The van der Waals surface area contributed by atoms with Gasteiger partial charge in [-0.25, -0.2) is 0 Å². The van der Waals surface area contributed by atoms with Crippen LogP contribution in [0.3, 0.4) is 0 Å². The zero-order valence-electron chi connectivity index (χ0n) is 11.3. The van der Waals surface area contributed by atoms with Crippen molar-refractivity contribution in [1.82, 2.24) is 0 Å². The van der Waals surface area contributed by atoms with Gasteiger partial charge in [-0.2, -0.15) is 4.79 Å². The maximum absolute atomic E-state index is 12.1. The number of hydrogen-bond donors (Lipinski definition) is 0. The molecule has 0 aliphatic carbocycles. The van der Waals surface area contributed by atoms with E-state index in [1.54, 1.807) is 10.6 Å². The highest BCUT2D eigenvalue weighted by Gasteiger charge is 2.24. The fraction of sp³-hybridized carbons (Fsp3) is 0.200. The Morgan fingerprint density at radius 2 is 1.84 bits per heavy atom. The molecule has 96 valence electrons. The second kappa shape index (κ2) is 4.03. The Morgan fingerprint density at radius 1 is 1.05 bits per heavy atom. The van der Waals surface area contributed by atoms with Gasteiger partial charge in [0.05, 0.1) is 13.5 Å². The lowest BCUT2D eigenvalue weighted by Crippen LogP contribution is -2.43. The molecule has 3 aromatic rings. The first-order chi connectivity index (χ1) is 8.98. The molecule has 0 aliphatic rings. The molecule has 19 heavy (non-hydrogen) atoms. The quantitative estimate of drug-likeness (QED) is 0.385. The molecule has 0 spiro atoms. The smallest absolute Gasteiger partial charge is 0.371 e. The van der Waals surface area contributed by atoms with Gasteiger partial charge < -0.3 is 4.42 Å². The fourth-order valence-electron chi connectivity index (χ4n) is 2.40. The van der Waals surface area contributed by atoms with Crippen molar-refractivity contribution in [3.63, 3.8) is 0 Å². The van der Waals surface area contributed by atoms with Crippen LogP contribution in [0.4, 0.5) is 0 Å².